The highest BCUT2D eigenvalue weighted by Gasteiger charge is 2.19. The standard InChI is InChI=1S/C18H22FN3O2S/c1-13(18(24)20-9-8-16-7-4-10-25-16)22(2)12-17(23)21-15-6-3-5-14(19)11-15/h3-7,10-11,13H,8-9,12H2,1-2H3,(H,20,24)(H,21,23)/t13-/m1/s1. The molecule has 1 aromatic carbocycles. The molecule has 134 valence electrons. The summed E-state index contributed by atoms with van der Waals surface area (Å²) >= 11 is 1.66. The molecular formula is C18H22FN3O2S. The molecule has 0 saturated heterocycles. The van der Waals surface area contributed by atoms with E-state index in [4.69, 9.17) is 0 Å². The summed E-state index contributed by atoms with van der Waals surface area (Å²) in [6, 6.07) is 9.27. The number of likely N-dealkylation sites (N-methyl/N-ethyl adjacent to an activating group) is 1. The quantitative estimate of drug-likeness (QED) is 0.758. The summed E-state index contributed by atoms with van der Waals surface area (Å²) in [4.78, 5) is 27.1. The molecule has 7 heteroatoms. The van der Waals surface area contributed by atoms with Gasteiger partial charge in [-0.05, 0) is 50.0 Å². The van der Waals surface area contributed by atoms with E-state index in [-0.39, 0.29) is 18.4 Å². The minimum Gasteiger partial charge on any atom is -0.354 e. The molecule has 25 heavy (non-hydrogen) atoms. The van der Waals surface area contributed by atoms with Crippen molar-refractivity contribution in [2.24, 2.45) is 0 Å². The number of thiophene rings is 1. The van der Waals surface area contributed by atoms with Crippen molar-refractivity contribution in [2.75, 3.05) is 25.5 Å². The maximum Gasteiger partial charge on any atom is 0.238 e. The molecule has 2 amide bonds. The van der Waals surface area contributed by atoms with E-state index in [1.807, 2.05) is 17.5 Å². The van der Waals surface area contributed by atoms with Gasteiger partial charge in [-0.25, -0.2) is 4.39 Å². The molecule has 0 bridgehead atoms. The van der Waals surface area contributed by atoms with Crippen LogP contribution in [-0.2, 0) is 16.0 Å². The summed E-state index contributed by atoms with van der Waals surface area (Å²) in [7, 11) is 1.70. The van der Waals surface area contributed by atoms with Crippen molar-refractivity contribution < 1.29 is 14.0 Å². The molecule has 0 radical (unpaired) electrons. The van der Waals surface area contributed by atoms with E-state index in [9.17, 15) is 14.0 Å². The lowest BCUT2D eigenvalue weighted by Gasteiger charge is -2.23. The number of anilines is 1. The fourth-order valence-electron chi connectivity index (χ4n) is 2.24. The van der Waals surface area contributed by atoms with E-state index in [1.54, 1.807) is 36.3 Å². The SMILES string of the molecule is C[C@H](C(=O)NCCc1cccs1)N(C)CC(=O)Nc1cccc(F)c1. The lowest BCUT2D eigenvalue weighted by Crippen LogP contribution is -2.46. The molecule has 0 fully saturated rings. The monoisotopic (exact) mass is 363 g/mol. The number of halogens is 1. The van der Waals surface area contributed by atoms with Gasteiger partial charge in [0, 0.05) is 17.1 Å². The van der Waals surface area contributed by atoms with Crippen LogP contribution in [0.25, 0.3) is 0 Å². The third kappa shape index (κ3) is 6.28. The zero-order valence-electron chi connectivity index (χ0n) is 14.3. The molecule has 2 aromatic rings. The average molecular weight is 363 g/mol. The molecule has 5 nitrogen and oxygen atoms in total. The van der Waals surface area contributed by atoms with Gasteiger partial charge in [-0.3, -0.25) is 14.5 Å². The fourth-order valence-corrected chi connectivity index (χ4v) is 2.95. The molecule has 1 heterocycles. The molecule has 0 saturated carbocycles. The molecule has 0 aliphatic carbocycles. The van der Waals surface area contributed by atoms with Gasteiger partial charge < -0.3 is 10.6 Å². The summed E-state index contributed by atoms with van der Waals surface area (Å²) in [5, 5.41) is 7.50. The van der Waals surface area contributed by atoms with Gasteiger partial charge in [0.2, 0.25) is 11.8 Å². The topological polar surface area (TPSA) is 61.4 Å². The van der Waals surface area contributed by atoms with Gasteiger partial charge in [0.15, 0.2) is 0 Å². The van der Waals surface area contributed by atoms with E-state index in [0.29, 0.717) is 12.2 Å². The van der Waals surface area contributed by atoms with Crippen molar-refractivity contribution in [2.45, 2.75) is 19.4 Å². The normalized spacial score (nSPS) is 12.0. The summed E-state index contributed by atoms with van der Waals surface area (Å²) in [5.41, 5.74) is 0.395. The van der Waals surface area contributed by atoms with Crippen molar-refractivity contribution in [3.05, 3.63) is 52.5 Å². The molecule has 0 unspecified atom stereocenters. The van der Waals surface area contributed by atoms with Gasteiger partial charge in [-0.2, -0.15) is 0 Å². The van der Waals surface area contributed by atoms with Crippen LogP contribution >= 0.6 is 11.3 Å². The van der Waals surface area contributed by atoms with Gasteiger partial charge in [0.05, 0.1) is 12.6 Å². The highest BCUT2D eigenvalue weighted by molar-refractivity contribution is 7.09. The minimum absolute atomic E-state index is 0.0377. The summed E-state index contributed by atoms with van der Waals surface area (Å²) in [5.74, 6) is -0.839. The first kappa shape index (κ1) is 19.1. The number of carbonyl (C=O) groups is 2. The average Bonchev–Trinajstić information content (AvgIpc) is 3.07. The number of benzene rings is 1. The van der Waals surface area contributed by atoms with Crippen molar-refractivity contribution in [1.29, 1.82) is 0 Å². The lowest BCUT2D eigenvalue weighted by molar-refractivity contribution is -0.126. The Morgan fingerprint density at radius 1 is 1.28 bits per heavy atom. The van der Waals surface area contributed by atoms with E-state index in [1.165, 1.54) is 23.1 Å². The van der Waals surface area contributed by atoms with Gasteiger partial charge in [-0.15, -0.1) is 11.3 Å². The van der Waals surface area contributed by atoms with Crippen molar-refractivity contribution in [3.8, 4) is 0 Å². The number of amides is 2. The van der Waals surface area contributed by atoms with Crippen LogP contribution in [0.4, 0.5) is 10.1 Å². The van der Waals surface area contributed by atoms with Crippen LogP contribution in [0.5, 0.6) is 0 Å². The van der Waals surface area contributed by atoms with Crippen LogP contribution in [0, 0.1) is 5.82 Å². The molecule has 1 atom stereocenters. The van der Waals surface area contributed by atoms with Crippen LogP contribution < -0.4 is 10.6 Å². The van der Waals surface area contributed by atoms with Crippen LogP contribution in [0.2, 0.25) is 0 Å². The number of nitrogens with one attached hydrogen (secondary N) is 2. The molecule has 0 aliphatic heterocycles. The van der Waals surface area contributed by atoms with Crippen LogP contribution in [0.15, 0.2) is 41.8 Å². The Hall–Kier alpha value is -2.25. The number of rotatable bonds is 8. The lowest BCUT2D eigenvalue weighted by atomic mass is 10.2. The molecule has 1 aromatic heterocycles. The zero-order chi connectivity index (χ0) is 18.2. The first-order valence-corrected chi connectivity index (χ1v) is 8.89. The second-order valence-corrected chi connectivity index (χ2v) is 6.80. The van der Waals surface area contributed by atoms with Gasteiger partial charge in [0.1, 0.15) is 5.82 Å². The Morgan fingerprint density at radius 2 is 2.08 bits per heavy atom. The summed E-state index contributed by atoms with van der Waals surface area (Å²) in [6.07, 6.45) is 0.792. The van der Waals surface area contributed by atoms with Crippen molar-refractivity contribution >= 4 is 28.8 Å². The third-order valence-electron chi connectivity index (χ3n) is 3.79. The van der Waals surface area contributed by atoms with Gasteiger partial charge in [-0.1, -0.05) is 12.1 Å². The summed E-state index contributed by atoms with van der Waals surface area (Å²) < 4.78 is 13.1. The Bertz CT molecular complexity index is 706. The third-order valence-corrected chi connectivity index (χ3v) is 4.73. The Morgan fingerprint density at radius 3 is 2.76 bits per heavy atom. The molecular weight excluding hydrogens is 341 g/mol. The van der Waals surface area contributed by atoms with Crippen LogP contribution in [0.3, 0.4) is 0 Å². The van der Waals surface area contributed by atoms with E-state index in [2.05, 4.69) is 10.6 Å². The van der Waals surface area contributed by atoms with Gasteiger partial charge in [0.25, 0.3) is 0 Å². The largest absolute Gasteiger partial charge is 0.354 e. The predicted octanol–water partition coefficient (Wildman–Crippen LogP) is 2.50. The number of nitrogens with zero attached hydrogens (tertiary/aromatic N) is 1. The van der Waals surface area contributed by atoms with Crippen LogP contribution in [0.1, 0.15) is 11.8 Å². The minimum atomic E-state index is -0.443. The number of hydrogen-bond acceptors (Lipinski definition) is 4. The Labute approximate surface area is 150 Å². The number of carbonyl (C=O) groups excluding carboxylic acids is 2. The summed E-state index contributed by atoms with van der Waals surface area (Å²) in [6.45, 7) is 2.35. The second kappa shape index (κ2) is 9.29. The van der Waals surface area contributed by atoms with Crippen molar-refractivity contribution in [1.82, 2.24) is 10.2 Å². The maximum atomic E-state index is 13.1. The first-order chi connectivity index (χ1) is 12.0. The van der Waals surface area contributed by atoms with Gasteiger partial charge >= 0.3 is 0 Å². The highest BCUT2D eigenvalue weighted by Crippen LogP contribution is 2.10. The first-order valence-electron chi connectivity index (χ1n) is 8.01. The number of hydrogen-bond donors (Lipinski definition) is 2. The van der Waals surface area contributed by atoms with Crippen molar-refractivity contribution in [3.63, 3.8) is 0 Å². The zero-order valence-corrected chi connectivity index (χ0v) is 15.1. The second-order valence-electron chi connectivity index (χ2n) is 5.77. The molecule has 2 rings (SSSR count). The maximum absolute atomic E-state index is 13.1. The van der Waals surface area contributed by atoms with Crippen LogP contribution in [-0.4, -0.2) is 42.9 Å². The Kier molecular flexibility index (Phi) is 7.09. The van der Waals surface area contributed by atoms with E-state index < -0.39 is 11.9 Å². The fraction of sp³-hybridized carbons (Fsp3) is 0.333. The smallest absolute Gasteiger partial charge is 0.238 e. The molecule has 2 N–H and O–H groups in total. The van der Waals surface area contributed by atoms with E-state index in [0.717, 1.165) is 6.42 Å². The Balaban J connectivity index is 1.75. The van der Waals surface area contributed by atoms with E-state index >= 15 is 0 Å². The molecule has 0 aliphatic rings. The molecule has 0 spiro atoms. The highest BCUT2D eigenvalue weighted by atomic mass is 32.1. The predicted molar refractivity (Wildman–Crippen MR) is 98.2 cm³/mol.